The molecule has 0 aliphatic heterocycles. The molecule has 0 unspecified atom stereocenters. The molecule has 2 N–H and O–H groups in total. The Hall–Kier alpha value is -2.34. The molecule has 7 heteroatoms. The van der Waals surface area contributed by atoms with Gasteiger partial charge in [-0.15, -0.1) is 0 Å². The van der Waals surface area contributed by atoms with Gasteiger partial charge in [-0.1, -0.05) is 29.3 Å². The zero-order valence-corrected chi connectivity index (χ0v) is 21.4. The predicted octanol–water partition coefficient (Wildman–Crippen LogP) is 6.58. The van der Waals surface area contributed by atoms with Crippen LogP contribution in [0.1, 0.15) is 38.2 Å². The summed E-state index contributed by atoms with van der Waals surface area (Å²) in [6, 6.07) is 9.76. The van der Waals surface area contributed by atoms with Crippen molar-refractivity contribution in [2.45, 2.75) is 45.1 Å². The van der Waals surface area contributed by atoms with Gasteiger partial charge in [0.25, 0.3) is 0 Å². The standard InChI is InChI=1S/C27H31Cl2N3O2/c1-16(33)10-20-14-30-25-9-6-18(19-12-23(28)27(34)24(29)13-19)11-22(25)26(20)31-21-7-4-17(5-8-21)15-32(2)3/h6,9,11-14,17,21,34H,4-5,7-8,10,15H2,1-3H3,(H,30,31). The molecular weight excluding hydrogens is 469 g/mol. The maximum absolute atomic E-state index is 12.0. The fourth-order valence-electron chi connectivity index (χ4n) is 4.93. The Morgan fingerprint density at radius 3 is 2.38 bits per heavy atom. The molecule has 2 aromatic carbocycles. The highest BCUT2D eigenvalue weighted by Gasteiger charge is 2.23. The van der Waals surface area contributed by atoms with E-state index in [2.05, 4.69) is 35.4 Å². The number of hydrogen-bond donors (Lipinski definition) is 2. The first-order valence-corrected chi connectivity index (χ1v) is 12.5. The molecule has 0 radical (unpaired) electrons. The van der Waals surface area contributed by atoms with Crippen molar-refractivity contribution >= 4 is 45.6 Å². The van der Waals surface area contributed by atoms with Crippen LogP contribution in [0.15, 0.2) is 36.5 Å². The Morgan fingerprint density at radius 1 is 1.09 bits per heavy atom. The van der Waals surface area contributed by atoms with Gasteiger partial charge in [-0.2, -0.15) is 0 Å². The number of nitrogens with zero attached hydrogens (tertiary/aromatic N) is 2. The molecule has 1 aliphatic carbocycles. The topological polar surface area (TPSA) is 65.5 Å². The lowest BCUT2D eigenvalue weighted by molar-refractivity contribution is -0.116. The van der Waals surface area contributed by atoms with E-state index in [1.807, 2.05) is 18.3 Å². The monoisotopic (exact) mass is 499 g/mol. The van der Waals surface area contributed by atoms with E-state index in [0.29, 0.717) is 12.5 Å². The van der Waals surface area contributed by atoms with Gasteiger partial charge in [0.2, 0.25) is 0 Å². The Morgan fingerprint density at radius 2 is 1.76 bits per heavy atom. The minimum atomic E-state index is -0.120. The van der Waals surface area contributed by atoms with Crippen molar-refractivity contribution in [3.8, 4) is 16.9 Å². The number of hydrogen-bond acceptors (Lipinski definition) is 5. The fourth-order valence-corrected chi connectivity index (χ4v) is 5.42. The molecule has 34 heavy (non-hydrogen) atoms. The number of aromatic hydroxyl groups is 1. The zero-order valence-electron chi connectivity index (χ0n) is 19.9. The summed E-state index contributed by atoms with van der Waals surface area (Å²) < 4.78 is 0. The fraction of sp³-hybridized carbons (Fsp3) is 0.407. The summed E-state index contributed by atoms with van der Waals surface area (Å²) >= 11 is 12.3. The number of aromatic nitrogens is 1. The van der Waals surface area contributed by atoms with Gasteiger partial charge < -0.3 is 15.3 Å². The summed E-state index contributed by atoms with van der Waals surface area (Å²) in [6.07, 6.45) is 6.74. The average Bonchev–Trinajstić information content (AvgIpc) is 2.79. The Balaban J connectivity index is 1.71. The van der Waals surface area contributed by atoms with E-state index < -0.39 is 0 Å². The van der Waals surface area contributed by atoms with Crippen LogP contribution in [0.3, 0.4) is 0 Å². The van der Waals surface area contributed by atoms with Crippen molar-refractivity contribution in [1.82, 2.24) is 9.88 Å². The number of carbonyl (C=O) groups is 1. The number of rotatable bonds is 7. The molecule has 0 spiro atoms. The lowest BCUT2D eigenvalue weighted by Gasteiger charge is -2.32. The molecule has 1 aromatic heterocycles. The summed E-state index contributed by atoms with van der Waals surface area (Å²) in [5.74, 6) is 0.715. The van der Waals surface area contributed by atoms with Crippen LogP contribution >= 0.6 is 23.2 Å². The van der Waals surface area contributed by atoms with Crippen molar-refractivity contribution in [2.75, 3.05) is 26.0 Å². The van der Waals surface area contributed by atoms with Crippen LogP contribution in [-0.4, -0.2) is 47.5 Å². The normalized spacial score (nSPS) is 18.4. The van der Waals surface area contributed by atoms with Gasteiger partial charge >= 0.3 is 0 Å². The average molecular weight is 500 g/mol. The third-order valence-electron chi connectivity index (χ3n) is 6.55. The van der Waals surface area contributed by atoms with Gasteiger partial charge in [0.15, 0.2) is 5.75 Å². The molecule has 5 nitrogen and oxygen atoms in total. The molecule has 0 atom stereocenters. The Bertz CT molecular complexity index is 1180. The first-order chi connectivity index (χ1) is 16.2. The second kappa shape index (κ2) is 10.5. The van der Waals surface area contributed by atoms with Crippen molar-refractivity contribution < 1.29 is 9.90 Å². The molecule has 0 bridgehead atoms. The van der Waals surface area contributed by atoms with Gasteiger partial charge in [0.05, 0.1) is 15.6 Å². The number of benzene rings is 2. The van der Waals surface area contributed by atoms with Crippen molar-refractivity contribution in [3.05, 3.63) is 52.1 Å². The Kier molecular flexibility index (Phi) is 7.66. The zero-order chi connectivity index (χ0) is 24.4. The number of carbonyl (C=O) groups excluding carboxylic acids is 1. The number of ketones is 1. The van der Waals surface area contributed by atoms with E-state index in [9.17, 15) is 9.90 Å². The molecule has 1 heterocycles. The van der Waals surface area contributed by atoms with E-state index >= 15 is 0 Å². The van der Waals surface area contributed by atoms with E-state index in [-0.39, 0.29) is 21.6 Å². The minimum Gasteiger partial charge on any atom is -0.505 e. The first kappa shape index (κ1) is 24.8. The molecule has 1 aliphatic rings. The number of pyridine rings is 1. The van der Waals surface area contributed by atoms with Crippen LogP contribution in [0.2, 0.25) is 10.0 Å². The lowest BCUT2D eigenvalue weighted by atomic mass is 9.85. The molecule has 180 valence electrons. The summed E-state index contributed by atoms with van der Waals surface area (Å²) in [5.41, 5.74) is 4.47. The third kappa shape index (κ3) is 5.65. The molecule has 0 amide bonds. The van der Waals surface area contributed by atoms with E-state index in [4.69, 9.17) is 23.2 Å². The lowest BCUT2D eigenvalue weighted by Crippen LogP contribution is -2.31. The summed E-state index contributed by atoms with van der Waals surface area (Å²) in [4.78, 5) is 18.9. The second-order valence-corrected chi connectivity index (χ2v) is 10.5. The van der Waals surface area contributed by atoms with Gasteiger partial charge in [-0.3, -0.25) is 9.78 Å². The van der Waals surface area contributed by atoms with Crippen molar-refractivity contribution in [1.29, 1.82) is 0 Å². The minimum absolute atomic E-state index is 0.104. The SMILES string of the molecule is CC(=O)Cc1cnc2ccc(-c3cc(Cl)c(O)c(Cl)c3)cc2c1NC1CCC(CN(C)C)CC1. The summed E-state index contributed by atoms with van der Waals surface area (Å²) in [7, 11) is 4.26. The molecule has 1 saturated carbocycles. The largest absolute Gasteiger partial charge is 0.505 e. The molecule has 4 rings (SSSR count). The van der Waals surface area contributed by atoms with Crippen LogP contribution < -0.4 is 5.32 Å². The van der Waals surface area contributed by atoms with Gasteiger partial charge in [0.1, 0.15) is 5.78 Å². The van der Waals surface area contributed by atoms with Crippen LogP contribution in [0.4, 0.5) is 5.69 Å². The number of phenols is 1. The maximum Gasteiger partial charge on any atom is 0.152 e. The summed E-state index contributed by atoms with van der Waals surface area (Å²) in [6.45, 7) is 2.74. The van der Waals surface area contributed by atoms with E-state index in [1.165, 1.54) is 12.8 Å². The first-order valence-electron chi connectivity index (χ1n) is 11.7. The highest BCUT2D eigenvalue weighted by atomic mass is 35.5. The third-order valence-corrected chi connectivity index (χ3v) is 7.13. The van der Waals surface area contributed by atoms with Gasteiger partial charge in [0, 0.05) is 41.8 Å². The molecule has 1 fully saturated rings. The summed E-state index contributed by atoms with van der Waals surface area (Å²) in [5, 5.41) is 15.1. The second-order valence-electron chi connectivity index (χ2n) is 9.68. The molecule has 0 saturated heterocycles. The quantitative estimate of drug-likeness (QED) is 0.384. The van der Waals surface area contributed by atoms with E-state index in [0.717, 1.165) is 58.6 Å². The highest BCUT2D eigenvalue weighted by Crippen LogP contribution is 2.38. The van der Waals surface area contributed by atoms with Crippen molar-refractivity contribution in [2.24, 2.45) is 5.92 Å². The van der Waals surface area contributed by atoms with Gasteiger partial charge in [-0.05, 0) is 88.0 Å². The maximum atomic E-state index is 12.0. The number of halogens is 2. The predicted molar refractivity (Wildman–Crippen MR) is 141 cm³/mol. The molecule has 3 aromatic rings. The van der Waals surface area contributed by atoms with Gasteiger partial charge in [-0.25, -0.2) is 0 Å². The van der Waals surface area contributed by atoms with E-state index in [1.54, 1.807) is 19.1 Å². The number of anilines is 1. The number of fused-ring (bicyclic) bond motifs is 1. The molecular formula is C27H31Cl2N3O2. The van der Waals surface area contributed by atoms with Crippen LogP contribution in [0, 0.1) is 5.92 Å². The smallest absolute Gasteiger partial charge is 0.152 e. The Labute approximate surface area is 211 Å². The number of phenolic OH excluding ortho intramolecular Hbond substituents is 1. The number of nitrogens with one attached hydrogen (secondary N) is 1. The van der Waals surface area contributed by atoms with Crippen LogP contribution in [0.5, 0.6) is 5.75 Å². The highest BCUT2D eigenvalue weighted by molar-refractivity contribution is 6.37. The van der Waals surface area contributed by atoms with Crippen LogP contribution in [-0.2, 0) is 11.2 Å². The number of Topliss-reactive ketones (excluding diaryl/α,β-unsaturated/α-hetero) is 1. The van der Waals surface area contributed by atoms with Crippen molar-refractivity contribution in [3.63, 3.8) is 0 Å². The van der Waals surface area contributed by atoms with Crippen LogP contribution in [0.25, 0.3) is 22.0 Å².